The van der Waals surface area contributed by atoms with Gasteiger partial charge in [-0.25, -0.2) is 0 Å². The van der Waals surface area contributed by atoms with Crippen LogP contribution in [0.15, 0.2) is 35.2 Å². The third-order valence-corrected chi connectivity index (χ3v) is 5.16. The predicted octanol–water partition coefficient (Wildman–Crippen LogP) is 2.32. The summed E-state index contributed by atoms with van der Waals surface area (Å²) in [4.78, 5) is 1.39. The van der Waals surface area contributed by atoms with Crippen LogP contribution in [0.3, 0.4) is 0 Å². The zero-order valence-electron chi connectivity index (χ0n) is 11.3. The lowest BCUT2D eigenvalue weighted by Crippen LogP contribution is -2.35. The molecule has 0 saturated carbocycles. The molecule has 100 valence electrons. The lowest BCUT2D eigenvalue weighted by Gasteiger charge is -2.18. The first-order valence-corrected chi connectivity index (χ1v) is 7.51. The van der Waals surface area contributed by atoms with E-state index in [1.165, 1.54) is 16.2 Å². The molecule has 1 aromatic carbocycles. The highest BCUT2D eigenvalue weighted by atomic mass is 32.2. The summed E-state index contributed by atoms with van der Waals surface area (Å²) in [6.45, 7) is 2.02. The van der Waals surface area contributed by atoms with Crippen molar-refractivity contribution in [2.45, 2.75) is 36.0 Å². The topological polar surface area (TPSA) is 43.8 Å². The molecule has 0 fully saturated rings. The Balaban J connectivity index is 1.70. The third-order valence-electron chi connectivity index (χ3n) is 3.69. The molecule has 1 aromatic heterocycles. The van der Waals surface area contributed by atoms with Gasteiger partial charge in [-0.1, -0.05) is 18.2 Å². The monoisotopic (exact) mass is 273 g/mol. The van der Waals surface area contributed by atoms with Crippen LogP contribution in [-0.2, 0) is 19.9 Å². The van der Waals surface area contributed by atoms with E-state index in [4.69, 9.17) is 5.73 Å². The summed E-state index contributed by atoms with van der Waals surface area (Å²) in [6.07, 6.45) is 1.97. The molecular weight excluding hydrogens is 254 g/mol. The molecule has 2 N–H and O–H groups in total. The standard InChI is InChI=1S/C15H19N3S/c1-10-7-12(18(2)17-10)9-13(16)15-8-11-5-3-4-6-14(11)19-15/h3-7,13,15H,8-9,16H2,1-2H3. The molecule has 0 radical (unpaired) electrons. The van der Waals surface area contributed by atoms with Gasteiger partial charge < -0.3 is 5.73 Å². The Morgan fingerprint density at radius 3 is 2.95 bits per heavy atom. The van der Waals surface area contributed by atoms with Crippen LogP contribution in [0.25, 0.3) is 0 Å². The highest BCUT2D eigenvalue weighted by molar-refractivity contribution is 8.00. The van der Waals surface area contributed by atoms with E-state index >= 15 is 0 Å². The van der Waals surface area contributed by atoms with Crippen molar-refractivity contribution >= 4 is 11.8 Å². The molecule has 3 rings (SSSR count). The SMILES string of the molecule is Cc1cc(CC(N)C2Cc3ccccc3S2)n(C)n1. The lowest BCUT2D eigenvalue weighted by atomic mass is 10.0. The van der Waals surface area contributed by atoms with E-state index in [1.807, 2.05) is 30.4 Å². The second-order valence-electron chi connectivity index (χ2n) is 5.24. The van der Waals surface area contributed by atoms with Crippen molar-refractivity contribution in [3.8, 4) is 0 Å². The van der Waals surface area contributed by atoms with Crippen molar-refractivity contribution in [2.24, 2.45) is 12.8 Å². The van der Waals surface area contributed by atoms with Gasteiger partial charge in [0, 0.05) is 35.3 Å². The maximum Gasteiger partial charge on any atom is 0.0596 e. The second-order valence-corrected chi connectivity index (χ2v) is 6.52. The Labute approximate surface area is 118 Å². The van der Waals surface area contributed by atoms with Crippen LogP contribution in [0, 0.1) is 6.92 Å². The maximum absolute atomic E-state index is 6.41. The van der Waals surface area contributed by atoms with Gasteiger partial charge in [-0.3, -0.25) is 4.68 Å². The number of thioether (sulfide) groups is 1. The first kappa shape index (κ1) is 12.8. The summed E-state index contributed by atoms with van der Waals surface area (Å²) in [5.41, 5.74) is 10.1. The predicted molar refractivity (Wildman–Crippen MR) is 79.4 cm³/mol. The van der Waals surface area contributed by atoms with Crippen molar-refractivity contribution in [1.29, 1.82) is 0 Å². The van der Waals surface area contributed by atoms with E-state index in [2.05, 4.69) is 35.4 Å². The van der Waals surface area contributed by atoms with Crippen LogP contribution >= 0.6 is 11.8 Å². The van der Waals surface area contributed by atoms with Crippen molar-refractivity contribution in [2.75, 3.05) is 0 Å². The first-order valence-electron chi connectivity index (χ1n) is 6.63. The summed E-state index contributed by atoms with van der Waals surface area (Å²) in [5.74, 6) is 0. The van der Waals surface area contributed by atoms with E-state index in [0.717, 1.165) is 18.5 Å². The molecule has 2 unspecified atom stereocenters. The zero-order chi connectivity index (χ0) is 13.4. The minimum absolute atomic E-state index is 0.173. The molecule has 0 aliphatic carbocycles. The minimum Gasteiger partial charge on any atom is -0.326 e. The first-order chi connectivity index (χ1) is 9.13. The molecule has 0 saturated heterocycles. The van der Waals surface area contributed by atoms with E-state index in [9.17, 15) is 0 Å². The fourth-order valence-corrected chi connectivity index (χ4v) is 4.00. The highest BCUT2D eigenvalue weighted by Gasteiger charge is 2.27. The second kappa shape index (κ2) is 5.02. The van der Waals surface area contributed by atoms with Gasteiger partial charge in [0.05, 0.1) is 5.69 Å². The molecule has 19 heavy (non-hydrogen) atoms. The zero-order valence-corrected chi connectivity index (χ0v) is 12.2. The van der Waals surface area contributed by atoms with Crippen LogP contribution in [0.4, 0.5) is 0 Å². The van der Waals surface area contributed by atoms with E-state index in [1.54, 1.807) is 0 Å². The normalized spacial score (nSPS) is 19.4. The van der Waals surface area contributed by atoms with E-state index in [-0.39, 0.29) is 6.04 Å². The van der Waals surface area contributed by atoms with E-state index in [0.29, 0.717) is 5.25 Å². The number of aromatic nitrogens is 2. The Bertz CT molecular complexity index is 566. The number of fused-ring (bicyclic) bond motifs is 1. The van der Waals surface area contributed by atoms with Crippen LogP contribution in [0.1, 0.15) is 17.0 Å². The van der Waals surface area contributed by atoms with Gasteiger partial charge >= 0.3 is 0 Å². The summed E-state index contributed by atoms with van der Waals surface area (Å²) >= 11 is 1.92. The number of aryl methyl sites for hydroxylation is 2. The van der Waals surface area contributed by atoms with Gasteiger partial charge in [0.15, 0.2) is 0 Å². The summed E-state index contributed by atoms with van der Waals surface area (Å²) in [7, 11) is 1.99. The van der Waals surface area contributed by atoms with E-state index < -0.39 is 0 Å². The molecule has 0 amide bonds. The van der Waals surface area contributed by atoms with Gasteiger partial charge in [0.1, 0.15) is 0 Å². The number of nitrogens with two attached hydrogens (primary N) is 1. The average Bonchev–Trinajstić information content (AvgIpc) is 2.93. The molecule has 2 aromatic rings. The number of hydrogen-bond donors (Lipinski definition) is 1. The average molecular weight is 273 g/mol. The van der Waals surface area contributed by atoms with Crippen LogP contribution < -0.4 is 5.73 Å². The molecule has 1 aliphatic heterocycles. The van der Waals surface area contributed by atoms with Gasteiger partial charge in [-0.15, -0.1) is 11.8 Å². The summed E-state index contributed by atoms with van der Waals surface area (Å²) in [6, 6.07) is 10.9. The van der Waals surface area contributed by atoms with Gasteiger partial charge in [-0.2, -0.15) is 5.10 Å². The molecule has 0 bridgehead atoms. The molecule has 2 atom stereocenters. The molecule has 4 heteroatoms. The number of benzene rings is 1. The van der Waals surface area contributed by atoms with Crippen molar-refractivity contribution < 1.29 is 0 Å². The van der Waals surface area contributed by atoms with Gasteiger partial charge in [0.2, 0.25) is 0 Å². The van der Waals surface area contributed by atoms with Crippen LogP contribution in [0.2, 0.25) is 0 Å². The lowest BCUT2D eigenvalue weighted by molar-refractivity contribution is 0.594. The maximum atomic E-state index is 6.41. The highest BCUT2D eigenvalue weighted by Crippen LogP contribution is 2.38. The number of hydrogen-bond acceptors (Lipinski definition) is 3. The van der Waals surface area contributed by atoms with Crippen LogP contribution in [-0.4, -0.2) is 21.1 Å². The van der Waals surface area contributed by atoms with Crippen molar-refractivity contribution in [3.05, 3.63) is 47.3 Å². The summed E-state index contributed by atoms with van der Waals surface area (Å²) in [5, 5.41) is 4.86. The molecule has 3 nitrogen and oxygen atoms in total. The smallest absolute Gasteiger partial charge is 0.0596 e. The Kier molecular flexibility index (Phi) is 3.37. The van der Waals surface area contributed by atoms with Crippen molar-refractivity contribution in [3.63, 3.8) is 0 Å². The fraction of sp³-hybridized carbons (Fsp3) is 0.400. The molecule has 0 spiro atoms. The van der Waals surface area contributed by atoms with Crippen molar-refractivity contribution in [1.82, 2.24) is 9.78 Å². The van der Waals surface area contributed by atoms with Gasteiger partial charge in [0.25, 0.3) is 0 Å². The Morgan fingerprint density at radius 1 is 1.47 bits per heavy atom. The third kappa shape index (κ3) is 2.55. The largest absolute Gasteiger partial charge is 0.326 e. The quantitative estimate of drug-likeness (QED) is 0.933. The Hall–Kier alpha value is -1.26. The number of rotatable bonds is 3. The molecule has 1 aliphatic rings. The fourth-order valence-electron chi connectivity index (χ4n) is 2.68. The van der Waals surface area contributed by atoms with Gasteiger partial charge in [-0.05, 0) is 31.0 Å². The molecule has 2 heterocycles. The van der Waals surface area contributed by atoms with Crippen LogP contribution in [0.5, 0.6) is 0 Å². The Morgan fingerprint density at radius 2 is 2.26 bits per heavy atom. The molecular formula is C15H19N3S. The summed E-state index contributed by atoms with van der Waals surface area (Å²) < 4.78 is 1.95. The minimum atomic E-state index is 0.173. The number of nitrogens with zero attached hydrogens (tertiary/aromatic N) is 2.